The molecule has 7 nitrogen and oxygen atoms in total. The minimum atomic E-state index is -0.431. The highest BCUT2D eigenvalue weighted by molar-refractivity contribution is 5.51. The van der Waals surface area contributed by atoms with Crippen molar-refractivity contribution in [2.45, 2.75) is 43.8 Å². The van der Waals surface area contributed by atoms with Crippen LogP contribution >= 0.6 is 0 Å². The van der Waals surface area contributed by atoms with Gasteiger partial charge in [-0.2, -0.15) is 0 Å². The fourth-order valence-corrected chi connectivity index (χ4v) is 3.19. The van der Waals surface area contributed by atoms with E-state index in [0.717, 1.165) is 18.6 Å². The van der Waals surface area contributed by atoms with Crippen molar-refractivity contribution in [1.29, 1.82) is 0 Å². The lowest BCUT2D eigenvalue weighted by molar-refractivity contribution is -0.277. The van der Waals surface area contributed by atoms with Gasteiger partial charge in [0.1, 0.15) is 17.5 Å². The average Bonchev–Trinajstić information content (AvgIpc) is 3.37. The molecule has 0 saturated heterocycles. The number of ether oxygens (including phenoxy) is 2. The van der Waals surface area contributed by atoms with Crippen LogP contribution in [0.5, 0.6) is 17.5 Å². The normalized spacial score (nSPS) is 21.5. The lowest BCUT2D eigenvalue weighted by atomic mass is 9.77. The van der Waals surface area contributed by atoms with E-state index in [-0.39, 0.29) is 6.10 Å². The molecule has 5 rings (SSSR count). The maximum absolute atomic E-state index is 11.1. The Morgan fingerprint density at radius 2 is 1.78 bits per heavy atom. The number of benzene rings is 1. The highest BCUT2D eigenvalue weighted by Crippen LogP contribution is 2.39. The van der Waals surface area contributed by atoms with Crippen LogP contribution in [-0.2, 0) is 0 Å². The summed E-state index contributed by atoms with van der Waals surface area (Å²) < 4.78 is 16.5. The van der Waals surface area contributed by atoms with E-state index in [9.17, 15) is 5.11 Å². The molecule has 0 unspecified atom stereocenters. The molecular weight excluding hydrogens is 346 g/mol. The summed E-state index contributed by atoms with van der Waals surface area (Å²) in [5, 5.41) is 14.4. The maximum atomic E-state index is 11.1. The number of aromatic nitrogens is 3. The smallest absolute Gasteiger partial charge is 0.232 e. The summed E-state index contributed by atoms with van der Waals surface area (Å²) in [4.78, 5) is 8.45. The first kappa shape index (κ1) is 16.1. The summed E-state index contributed by atoms with van der Waals surface area (Å²) in [7, 11) is 0. The van der Waals surface area contributed by atoms with Gasteiger partial charge in [-0.05, 0) is 49.3 Å². The van der Waals surface area contributed by atoms with Crippen molar-refractivity contribution in [3.8, 4) is 29.0 Å². The van der Waals surface area contributed by atoms with E-state index in [1.807, 2.05) is 0 Å². The standard InChI is InChI=1S/C20H19N3O4/c24-19-9-18(27-23-19)17-10-22-20(11-21-17)26-16-7-13(8-16)12-1-3-14(4-2-12)25-15-5-6-15/h1-4,9-11,13,15-16H,5-8H2,(H,23,24)/p-1. The number of hydrogen-bond donors (Lipinski definition) is 0. The first-order valence-corrected chi connectivity index (χ1v) is 9.12. The second-order valence-electron chi connectivity index (χ2n) is 7.06. The van der Waals surface area contributed by atoms with Crippen LogP contribution in [0.4, 0.5) is 0 Å². The molecule has 138 valence electrons. The van der Waals surface area contributed by atoms with Crippen LogP contribution in [0.1, 0.15) is 37.2 Å². The van der Waals surface area contributed by atoms with Gasteiger partial charge < -0.3 is 19.1 Å². The van der Waals surface area contributed by atoms with Crippen molar-refractivity contribution < 1.29 is 19.1 Å². The van der Waals surface area contributed by atoms with Gasteiger partial charge in [0.25, 0.3) is 0 Å². The Morgan fingerprint density at radius 3 is 2.41 bits per heavy atom. The molecule has 0 atom stereocenters. The molecule has 2 heterocycles. The number of rotatable bonds is 6. The quantitative estimate of drug-likeness (QED) is 0.663. The predicted octanol–water partition coefficient (Wildman–Crippen LogP) is 3.07. The van der Waals surface area contributed by atoms with Gasteiger partial charge in [-0.15, -0.1) is 0 Å². The van der Waals surface area contributed by atoms with Crippen molar-refractivity contribution in [3.05, 3.63) is 48.3 Å². The van der Waals surface area contributed by atoms with Crippen LogP contribution < -0.4 is 14.6 Å². The largest absolute Gasteiger partial charge is 0.856 e. The molecule has 7 heteroatoms. The summed E-state index contributed by atoms with van der Waals surface area (Å²) in [6.07, 6.45) is 7.87. The molecule has 27 heavy (non-hydrogen) atoms. The number of hydrogen-bond acceptors (Lipinski definition) is 7. The Hall–Kier alpha value is -3.09. The third-order valence-corrected chi connectivity index (χ3v) is 4.93. The summed E-state index contributed by atoms with van der Waals surface area (Å²) in [6.45, 7) is 0. The molecule has 2 saturated carbocycles. The molecule has 0 amide bonds. The molecule has 0 radical (unpaired) electrons. The maximum Gasteiger partial charge on any atom is 0.232 e. The molecule has 0 spiro atoms. The van der Waals surface area contributed by atoms with E-state index in [0.29, 0.717) is 29.4 Å². The van der Waals surface area contributed by atoms with Crippen molar-refractivity contribution in [1.82, 2.24) is 15.1 Å². The van der Waals surface area contributed by atoms with Crippen molar-refractivity contribution >= 4 is 0 Å². The summed E-state index contributed by atoms with van der Waals surface area (Å²) in [5.74, 6) is 1.80. The Bertz CT molecular complexity index is 913. The monoisotopic (exact) mass is 364 g/mol. The van der Waals surface area contributed by atoms with Crippen molar-refractivity contribution in [2.75, 3.05) is 0 Å². The van der Waals surface area contributed by atoms with Crippen LogP contribution in [0.3, 0.4) is 0 Å². The fourth-order valence-electron chi connectivity index (χ4n) is 3.19. The fraction of sp³-hybridized carbons (Fsp3) is 0.350. The van der Waals surface area contributed by atoms with Gasteiger partial charge in [-0.1, -0.05) is 17.3 Å². The summed E-state index contributed by atoms with van der Waals surface area (Å²) in [6, 6.07) is 9.69. The van der Waals surface area contributed by atoms with E-state index in [1.54, 1.807) is 6.20 Å². The zero-order chi connectivity index (χ0) is 18.2. The molecule has 2 fully saturated rings. The van der Waals surface area contributed by atoms with E-state index in [2.05, 4.69) is 39.4 Å². The van der Waals surface area contributed by atoms with Crippen molar-refractivity contribution in [3.63, 3.8) is 0 Å². The van der Waals surface area contributed by atoms with Crippen LogP contribution in [0, 0.1) is 0 Å². The molecule has 0 aliphatic heterocycles. The van der Waals surface area contributed by atoms with Crippen LogP contribution in [0.25, 0.3) is 11.5 Å². The van der Waals surface area contributed by atoms with Crippen LogP contribution in [-0.4, -0.2) is 27.3 Å². The molecule has 2 aliphatic rings. The second kappa shape index (κ2) is 6.57. The Labute approximate surface area is 156 Å². The second-order valence-corrected chi connectivity index (χ2v) is 7.06. The van der Waals surface area contributed by atoms with Crippen LogP contribution in [0.15, 0.2) is 47.2 Å². The molecule has 2 aromatic heterocycles. The molecule has 0 N–H and O–H groups in total. The first-order chi connectivity index (χ1) is 13.2. The number of nitrogens with zero attached hydrogens (tertiary/aromatic N) is 3. The van der Waals surface area contributed by atoms with Crippen molar-refractivity contribution in [2.24, 2.45) is 0 Å². The summed E-state index contributed by atoms with van der Waals surface area (Å²) >= 11 is 0. The van der Waals surface area contributed by atoms with Gasteiger partial charge in [0.15, 0.2) is 5.76 Å². The SMILES string of the molecule is [O-]c1cc(-c2cnc(OC3CC(c4ccc(OC5CC5)cc4)C3)cn2)on1. The Kier molecular flexibility index (Phi) is 3.92. The molecule has 2 aliphatic carbocycles. The minimum Gasteiger partial charge on any atom is -0.856 e. The zero-order valence-corrected chi connectivity index (χ0v) is 14.6. The lowest BCUT2D eigenvalue weighted by Gasteiger charge is -2.35. The van der Waals surface area contributed by atoms with Gasteiger partial charge in [-0.25, -0.2) is 9.97 Å². The Morgan fingerprint density at radius 1 is 0.963 bits per heavy atom. The third kappa shape index (κ3) is 3.58. The van der Waals surface area contributed by atoms with E-state index >= 15 is 0 Å². The highest BCUT2D eigenvalue weighted by Gasteiger charge is 2.32. The minimum absolute atomic E-state index is 0.135. The summed E-state index contributed by atoms with van der Waals surface area (Å²) in [5.41, 5.74) is 1.77. The van der Waals surface area contributed by atoms with E-state index in [4.69, 9.17) is 14.0 Å². The van der Waals surface area contributed by atoms with Gasteiger partial charge in [0.05, 0.1) is 18.5 Å². The van der Waals surface area contributed by atoms with Gasteiger partial charge in [0, 0.05) is 11.9 Å². The molecule has 1 aromatic carbocycles. The molecular formula is C20H18N3O4-. The lowest BCUT2D eigenvalue weighted by Crippen LogP contribution is -2.32. The topological polar surface area (TPSA) is 93.3 Å². The predicted molar refractivity (Wildman–Crippen MR) is 93.5 cm³/mol. The van der Waals surface area contributed by atoms with Crippen LogP contribution in [0.2, 0.25) is 0 Å². The van der Waals surface area contributed by atoms with Gasteiger partial charge in [0.2, 0.25) is 5.88 Å². The van der Waals surface area contributed by atoms with Gasteiger partial charge >= 0.3 is 0 Å². The first-order valence-electron chi connectivity index (χ1n) is 9.12. The molecule has 0 bridgehead atoms. The average molecular weight is 364 g/mol. The van der Waals surface area contributed by atoms with E-state index in [1.165, 1.54) is 30.7 Å². The van der Waals surface area contributed by atoms with Gasteiger partial charge in [-0.3, -0.25) is 0 Å². The third-order valence-electron chi connectivity index (χ3n) is 4.93. The Balaban J connectivity index is 1.14. The highest BCUT2D eigenvalue weighted by atomic mass is 16.5. The van der Waals surface area contributed by atoms with E-state index < -0.39 is 5.88 Å². The zero-order valence-electron chi connectivity index (χ0n) is 14.6. The molecule has 3 aromatic rings.